The SMILES string of the molecule is COP(C)(=O)C(OC(=O)COc1ccc(F)cc1F)c1ccc(C)cc1. The van der Waals surface area contributed by atoms with E-state index in [4.69, 9.17) is 14.0 Å². The number of benzene rings is 2. The summed E-state index contributed by atoms with van der Waals surface area (Å²) in [5.41, 5.74) is 1.49. The van der Waals surface area contributed by atoms with Crippen LogP contribution in [0.4, 0.5) is 8.78 Å². The molecule has 0 heterocycles. The molecule has 0 aliphatic heterocycles. The van der Waals surface area contributed by atoms with Crippen molar-refractivity contribution in [1.29, 1.82) is 0 Å². The average Bonchev–Trinajstić information content (AvgIpc) is 2.59. The summed E-state index contributed by atoms with van der Waals surface area (Å²) in [7, 11) is -2.04. The lowest BCUT2D eigenvalue weighted by atomic mass is 10.2. The number of halogens is 2. The fraction of sp³-hybridized carbons (Fsp3) is 0.278. The van der Waals surface area contributed by atoms with Crippen LogP contribution >= 0.6 is 7.37 Å². The van der Waals surface area contributed by atoms with Gasteiger partial charge in [-0.25, -0.2) is 13.6 Å². The Hall–Kier alpha value is -2.24. The maximum Gasteiger partial charge on any atom is 0.345 e. The Kier molecular flexibility index (Phi) is 6.51. The molecule has 0 bridgehead atoms. The van der Waals surface area contributed by atoms with Gasteiger partial charge in [-0.1, -0.05) is 29.8 Å². The summed E-state index contributed by atoms with van der Waals surface area (Å²) in [6.45, 7) is 2.61. The molecule has 26 heavy (non-hydrogen) atoms. The minimum atomic E-state index is -3.31. The predicted molar refractivity (Wildman–Crippen MR) is 92.4 cm³/mol. The highest BCUT2D eigenvalue weighted by Crippen LogP contribution is 2.57. The van der Waals surface area contributed by atoms with E-state index in [0.29, 0.717) is 11.6 Å². The molecule has 0 spiro atoms. The fourth-order valence-corrected chi connectivity index (χ4v) is 3.36. The van der Waals surface area contributed by atoms with Gasteiger partial charge in [0.25, 0.3) is 0 Å². The van der Waals surface area contributed by atoms with Crippen molar-refractivity contribution < 1.29 is 32.1 Å². The lowest BCUT2D eigenvalue weighted by Crippen LogP contribution is -2.19. The molecule has 2 unspecified atom stereocenters. The first-order valence-electron chi connectivity index (χ1n) is 7.70. The zero-order valence-electron chi connectivity index (χ0n) is 14.6. The molecule has 0 fully saturated rings. The minimum absolute atomic E-state index is 0.290. The van der Waals surface area contributed by atoms with Crippen LogP contribution < -0.4 is 4.74 Å². The number of hydrogen-bond acceptors (Lipinski definition) is 5. The molecule has 0 saturated carbocycles. The smallest absolute Gasteiger partial charge is 0.345 e. The van der Waals surface area contributed by atoms with Crippen LogP contribution in [0.1, 0.15) is 17.0 Å². The monoisotopic (exact) mass is 384 g/mol. The van der Waals surface area contributed by atoms with E-state index in [1.54, 1.807) is 24.3 Å². The summed E-state index contributed by atoms with van der Waals surface area (Å²) in [5.74, 6) is -3.97. The number of rotatable bonds is 7. The summed E-state index contributed by atoms with van der Waals surface area (Å²) in [5, 5.41) is 0. The van der Waals surface area contributed by atoms with Crippen LogP contribution in [0.15, 0.2) is 42.5 Å². The van der Waals surface area contributed by atoms with E-state index in [-0.39, 0.29) is 5.75 Å². The molecule has 0 aliphatic carbocycles. The normalized spacial score (nSPS) is 14.3. The van der Waals surface area contributed by atoms with Gasteiger partial charge in [-0.2, -0.15) is 0 Å². The van der Waals surface area contributed by atoms with Crippen molar-refractivity contribution in [3.63, 3.8) is 0 Å². The number of ether oxygens (including phenoxy) is 2. The molecular weight excluding hydrogens is 365 g/mol. The van der Waals surface area contributed by atoms with Crippen LogP contribution in [0.3, 0.4) is 0 Å². The van der Waals surface area contributed by atoms with E-state index in [1.165, 1.54) is 13.8 Å². The molecule has 2 aromatic carbocycles. The highest BCUT2D eigenvalue weighted by molar-refractivity contribution is 7.58. The summed E-state index contributed by atoms with van der Waals surface area (Å²) < 4.78 is 54.3. The second kappa shape index (κ2) is 8.43. The van der Waals surface area contributed by atoms with Crippen molar-refractivity contribution in [2.24, 2.45) is 0 Å². The van der Waals surface area contributed by atoms with Gasteiger partial charge in [0.15, 0.2) is 18.2 Å². The van der Waals surface area contributed by atoms with E-state index in [9.17, 15) is 18.1 Å². The maximum atomic E-state index is 13.5. The molecule has 0 N–H and O–H groups in total. The molecule has 0 aliphatic rings. The van der Waals surface area contributed by atoms with Crippen molar-refractivity contribution >= 4 is 13.3 Å². The quantitative estimate of drug-likeness (QED) is 0.521. The second-order valence-electron chi connectivity index (χ2n) is 5.71. The Bertz CT molecular complexity index is 823. The highest BCUT2D eigenvalue weighted by atomic mass is 31.2. The largest absolute Gasteiger partial charge is 0.479 e. The van der Waals surface area contributed by atoms with Crippen LogP contribution in [-0.4, -0.2) is 26.4 Å². The average molecular weight is 384 g/mol. The fourth-order valence-electron chi connectivity index (χ4n) is 2.15. The summed E-state index contributed by atoms with van der Waals surface area (Å²) in [4.78, 5) is 12.1. The molecule has 140 valence electrons. The van der Waals surface area contributed by atoms with Crippen molar-refractivity contribution in [1.82, 2.24) is 0 Å². The highest BCUT2D eigenvalue weighted by Gasteiger charge is 2.33. The van der Waals surface area contributed by atoms with Gasteiger partial charge >= 0.3 is 5.97 Å². The number of carbonyl (C=O) groups is 1. The van der Waals surface area contributed by atoms with Crippen molar-refractivity contribution in [3.05, 3.63) is 65.2 Å². The minimum Gasteiger partial charge on any atom is -0.479 e. The Labute approximate surface area is 150 Å². The topological polar surface area (TPSA) is 61.8 Å². The number of esters is 1. The molecule has 2 rings (SSSR count). The van der Waals surface area contributed by atoms with Gasteiger partial charge in [0.1, 0.15) is 5.82 Å². The Morgan fingerprint density at radius 1 is 1.15 bits per heavy atom. The van der Waals surface area contributed by atoms with Gasteiger partial charge in [-0.3, -0.25) is 4.57 Å². The van der Waals surface area contributed by atoms with Crippen LogP contribution in [-0.2, 0) is 18.6 Å². The molecule has 8 heteroatoms. The predicted octanol–water partition coefficient (Wildman–Crippen LogP) is 4.45. The van der Waals surface area contributed by atoms with Gasteiger partial charge in [-0.15, -0.1) is 0 Å². The van der Waals surface area contributed by atoms with Gasteiger partial charge < -0.3 is 14.0 Å². The first-order valence-corrected chi connectivity index (χ1v) is 9.84. The van der Waals surface area contributed by atoms with E-state index >= 15 is 0 Å². The molecular formula is C18H19F2O5P. The van der Waals surface area contributed by atoms with Gasteiger partial charge in [0.2, 0.25) is 13.2 Å². The summed E-state index contributed by atoms with van der Waals surface area (Å²) in [6, 6.07) is 9.65. The molecule has 2 aromatic rings. The third-order valence-corrected chi connectivity index (χ3v) is 5.61. The van der Waals surface area contributed by atoms with E-state index < -0.39 is 37.4 Å². The van der Waals surface area contributed by atoms with Crippen molar-refractivity contribution in [2.45, 2.75) is 12.8 Å². The third-order valence-electron chi connectivity index (χ3n) is 3.63. The zero-order chi connectivity index (χ0) is 19.3. The van der Waals surface area contributed by atoms with E-state index in [2.05, 4.69) is 0 Å². The standard InChI is InChI=1S/C18H19F2O5P/c1-12-4-6-13(7-5-12)18(26(3,22)23-2)25-17(21)11-24-16-9-8-14(19)10-15(16)20/h4-10,18H,11H2,1-3H3. The molecule has 5 nitrogen and oxygen atoms in total. The van der Waals surface area contributed by atoms with Crippen LogP contribution in [0, 0.1) is 18.6 Å². The van der Waals surface area contributed by atoms with Gasteiger partial charge in [0.05, 0.1) is 0 Å². The number of aryl methyl sites for hydroxylation is 1. The van der Waals surface area contributed by atoms with Crippen molar-refractivity contribution in [3.8, 4) is 5.75 Å². The van der Waals surface area contributed by atoms with E-state index in [0.717, 1.165) is 17.7 Å². The molecule has 0 radical (unpaired) electrons. The first-order chi connectivity index (χ1) is 12.2. The lowest BCUT2D eigenvalue weighted by Gasteiger charge is -2.23. The maximum absolute atomic E-state index is 13.5. The molecule has 0 saturated heterocycles. The Balaban J connectivity index is 2.11. The van der Waals surface area contributed by atoms with Crippen LogP contribution in [0.5, 0.6) is 5.75 Å². The third kappa shape index (κ3) is 5.13. The first kappa shape index (κ1) is 20.1. The summed E-state index contributed by atoms with van der Waals surface area (Å²) >= 11 is 0. The molecule has 2 atom stereocenters. The Morgan fingerprint density at radius 2 is 1.81 bits per heavy atom. The van der Waals surface area contributed by atoms with Crippen LogP contribution in [0.25, 0.3) is 0 Å². The van der Waals surface area contributed by atoms with Crippen molar-refractivity contribution in [2.75, 3.05) is 20.4 Å². The van der Waals surface area contributed by atoms with Crippen LogP contribution in [0.2, 0.25) is 0 Å². The lowest BCUT2D eigenvalue weighted by molar-refractivity contribution is -0.148. The molecule has 0 amide bonds. The zero-order valence-corrected chi connectivity index (χ0v) is 15.5. The molecule has 0 aromatic heterocycles. The summed E-state index contributed by atoms with van der Waals surface area (Å²) in [6.07, 6.45) is 0. The van der Waals surface area contributed by atoms with E-state index in [1.807, 2.05) is 6.92 Å². The number of hydrogen-bond donors (Lipinski definition) is 0. The Morgan fingerprint density at radius 3 is 2.38 bits per heavy atom. The number of carbonyl (C=O) groups excluding carboxylic acids is 1. The van der Waals surface area contributed by atoms with Gasteiger partial charge in [-0.05, 0) is 19.1 Å². The second-order valence-corrected chi connectivity index (χ2v) is 8.36. The van der Waals surface area contributed by atoms with Gasteiger partial charge in [0, 0.05) is 25.4 Å².